The zero-order chi connectivity index (χ0) is 13.2. The first-order valence-corrected chi connectivity index (χ1v) is 7.77. The predicted octanol–water partition coefficient (Wildman–Crippen LogP) is 0.395. The second-order valence-electron chi connectivity index (χ2n) is 4.40. The highest BCUT2D eigenvalue weighted by Crippen LogP contribution is 2.39. The second kappa shape index (κ2) is 5.31. The zero-order valence-corrected chi connectivity index (χ0v) is 12.1. The smallest absolute Gasteiger partial charge is 0.377 e. The van der Waals surface area contributed by atoms with Crippen molar-refractivity contribution in [3.63, 3.8) is 0 Å². The van der Waals surface area contributed by atoms with Crippen LogP contribution in [0.1, 0.15) is 26.2 Å². The van der Waals surface area contributed by atoms with Gasteiger partial charge in [-0.25, -0.2) is 0 Å². The molecule has 6 nitrogen and oxygen atoms in total. The maximum absolute atomic E-state index is 6.11. The summed E-state index contributed by atoms with van der Waals surface area (Å²) in [7, 11) is 2.03. The first kappa shape index (κ1) is 15.0. The fraction of sp³-hybridized carbons (Fsp3) is 1.00. The summed E-state index contributed by atoms with van der Waals surface area (Å²) in [6, 6.07) is 0.755. The third-order valence-corrected chi connectivity index (χ3v) is 6.41. The average molecular weight is 264 g/mol. The molecule has 17 heavy (non-hydrogen) atoms. The normalized spacial score (nSPS) is 29.3. The SMILES string of the molecule is CCC(N)(N)C1(OC)CCC[Si](OC)(OC)O1. The highest BCUT2D eigenvalue weighted by Gasteiger charge is 2.58. The van der Waals surface area contributed by atoms with Gasteiger partial charge < -0.3 is 29.5 Å². The summed E-state index contributed by atoms with van der Waals surface area (Å²) >= 11 is 0. The summed E-state index contributed by atoms with van der Waals surface area (Å²) in [5, 5.41) is 0. The topological polar surface area (TPSA) is 89.0 Å². The van der Waals surface area contributed by atoms with Crippen LogP contribution in [0.4, 0.5) is 0 Å². The van der Waals surface area contributed by atoms with E-state index in [0.29, 0.717) is 12.8 Å². The maximum Gasteiger partial charge on any atom is 0.502 e. The minimum absolute atomic E-state index is 0.540. The first-order valence-electron chi connectivity index (χ1n) is 5.84. The van der Waals surface area contributed by atoms with Gasteiger partial charge in [0.2, 0.25) is 0 Å². The van der Waals surface area contributed by atoms with Crippen LogP contribution < -0.4 is 11.5 Å². The number of ether oxygens (including phenoxy) is 1. The van der Waals surface area contributed by atoms with Gasteiger partial charge in [0.15, 0.2) is 5.79 Å². The molecular weight excluding hydrogens is 240 g/mol. The summed E-state index contributed by atoms with van der Waals surface area (Å²) in [5.74, 6) is -1.03. The summed E-state index contributed by atoms with van der Waals surface area (Å²) in [5.41, 5.74) is 11.2. The lowest BCUT2D eigenvalue weighted by molar-refractivity contribution is -0.246. The monoisotopic (exact) mass is 264 g/mol. The lowest BCUT2D eigenvalue weighted by Gasteiger charge is -2.50. The van der Waals surface area contributed by atoms with E-state index in [-0.39, 0.29) is 0 Å². The summed E-state index contributed by atoms with van der Waals surface area (Å²) in [6.45, 7) is 1.90. The molecule has 1 unspecified atom stereocenters. The molecule has 1 atom stereocenters. The summed E-state index contributed by atoms with van der Waals surface area (Å²) in [4.78, 5) is 0. The molecule has 0 radical (unpaired) electrons. The van der Waals surface area contributed by atoms with E-state index < -0.39 is 20.3 Å². The molecular formula is C10H24N2O4Si. The van der Waals surface area contributed by atoms with Gasteiger partial charge in [0.1, 0.15) is 5.66 Å². The van der Waals surface area contributed by atoms with Gasteiger partial charge in [0.05, 0.1) is 0 Å². The van der Waals surface area contributed by atoms with Crippen molar-refractivity contribution in [3.8, 4) is 0 Å². The van der Waals surface area contributed by atoms with E-state index in [1.165, 1.54) is 0 Å². The largest absolute Gasteiger partial charge is 0.502 e. The molecule has 0 aliphatic carbocycles. The lowest BCUT2D eigenvalue weighted by Crippen LogP contribution is -2.73. The van der Waals surface area contributed by atoms with E-state index in [1.54, 1.807) is 21.3 Å². The molecule has 1 rings (SSSR count). The molecule has 7 heteroatoms. The minimum atomic E-state index is -2.70. The van der Waals surface area contributed by atoms with Crippen molar-refractivity contribution in [3.05, 3.63) is 0 Å². The van der Waals surface area contributed by atoms with Crippen molar-refractivity contribution < 1.29 is 18.0 Å². The number of rotatable bonds is 5. The molecule has 0 bridgehead atoms. The Morgan fingerprint density at radius 1 is 1.29 bits per heavy atom. The number of hydrogen-bond donors (Lipinski definition) is 2. The van der Waals surface area contributed by atoms with E-state index in [1.807, 2.05) is 6.92 Å². The molecule has 1 heterocycles. The van der Waals surface area contributed by atoms with Gasteiger partial charge in [0, 0.05) is 33.8 Å². The fourth-order valence-electron chi connectivity index (χ4n) is 2.19. The molecule has 0 amide bonds. The average Bonchev–Trinajstić information content (AvgIpc) is 2.38. The Morgan fingerprint density at radius 3 is 2.29 bits per heavy atom. The number of hydrogen-bond acceptors (Lipinski definition) is 6. The van der Waals surface area contributed by atoms with Crippen LogP contribution in [0.15, 0.2) is 0 Å². The Morgan fingerprint density at radius 2 is 1.88 bits per heavy atom. The van der Waals surface area contributed by atoms with Gasteiger partial charge in [-0.3, -0.25) is 0 Å². The fourth-order valence-corrected chi connectivity index (χ4v) is 4.52. The predicted molar refractivity (Wildman–Crippen MR) is 66.0 cm³/mol. The van der Waals surface area contributed by atoms with Crippen LogP contribution in [-0.2, 0) is 18.0 Å². The molecule has 4 N–H and O–H groups in total. The van der Waals surface area contributed by atoms with Crippen molar-refractivity contribution >= 4 is 8.80 Å². The first-order chi connectivity index (χ1) is 7.91. The highest BCUT2D eigenvalue weighted by molar-refractivity contribution is 6.60. The van der Waals surface area contributed by atoms with Crippen molar-refractivity contribution in [2.45, 2.75) is 43.7 Å². The van der Waals surface area contributed by atoms with Crippen LogP contribution in [0.3, 0.4) is 0 Å². The lowest BCUT2D eigenvalue weighted by atomic mass is 9.93. The van der Waals surface area contributed by atoms with E-state index in [4.69, 9.17) is 29.5 Å². The van der Waals surface area contributed by atoms with Crippen LogP contribution in [0.2, 0.25) is 6.04 Å². The molecule has 0 aromatic rings. The molecule has 0 spiro atoms. The van der Waals surface area contributed by atoms with Crippen molar-refractivity contribution in [2.24, 2.45) is 11.5 Å². The zero-order valence-electron chi connectivity index (χ0n) is 11.1. The molecule has 0 saturated carbocycles. The van der Waals surface area contributed by atoms with Gasteiger partial charge >= 0.3 is 8.80 Å². The Hall–Kier alpha value is -0.0231. The summed E-state index contributed by atoms with van der Waals surface area (Å²) < 4.78 is 22.3. The van der Waals surface area contributed by atoms with Gasteiger partial charge in [0.25, 0.3) is 0 Å². The van der Waals surface area contributed by atoms with Crippen LogP contribution in [0.25, 0.3) is 0 Å². The second-order valence-corrected chi connectivity index (χ2v) is 7.28. The van der Waals surface area contributed by atoms with Crippen molar-refractivity contribution in [1.82, 2.24) is 0 Å². The summed E-state index contributed by atoms with van der Waals surface area (Å²) in [6.07, 6.45) is 2.04. The molecule has 1 aliphatic rings. The molecule has 0 aromatic carbocycles. The van der Waals surface area contributed by atoms with Crippen LogP contribution in [0, 0.1) is 0 Å². The van der Waals surface area contributed by atoms with E-state index in [0.717, 1.165) is 12.5 Å². The van der Waals surface area contributed by atoms with E-state index in [2.05, 4.69) is 0 Å². The Labute approximate surface area is 104 Å². The van der Waals surface area contributed by atoms with E-state index >= 15 is 0 Å². The maximum atomic E-state index is 6.11. The van der Waals surface area contributed by atoms with E-state index in [9.17, 15) is 0 Å². The number of nitrogens with two attached hydrogens (primary N) is 2. The molecule has 102 valence electrons. The molecule has 1 saturated heterocycles. The van der Waals surface area contributed by atoms with Crippen LogP contribution in [0.5, 0.6) is 0 Å². The Bertz CT molecular complexity index is 261. The van der Waals surface area contributed by atoms with Crippen LogP contribution >= 0.6 is 0 Å². The van der Waals surface area contributed by atoms with Gasteiger partial charge in [-0.05, 0) is 12.8 Å². The van der Waals surface area contributed by atoms with Crippen molar-refractivity contribution in [1.29, 1.82) is 0 Å². The van der Waals surface area contributed by atoms with Crippen molar-refractivity contribution in [2.75, 3.05) is 21.3 Å². The third-order valence-electron chi connectivity index (χ3n) is 3.56. The number of methoxy groups -OCH3 is 1. The van der Waals surface area contributed by atoms with Gasteiger partial charge in [-0.15, -0.1) is 0 Å². The van der Waals surface area contributed by atoms with Gasteiger partial charge in [-0.1, -0.05) is 6.92 Å². The molecule has 0 aromatic heterocycles. The molecule has 1 aliphatic heterocycles. The quantitative estimate of drug-likeness (QED) is 0.552. The van der Waals surface area contributed by atoms with Crippen LogP contribution in [-0.4, -0.2) is 41.6 Å². The molecule has 1 fully saturated rings. The minimum Gasteiger partial charge on any atom is -0.377 e. The standard InChI is InChI=1S/C10H24N2O4Si/c1-5-9(11,12)10(13-2)7-6-8-17(14-3,15-4)16-10/h5-8,11-12H2,1-4H3. The Balaban J connectivity index is 3.01. The third kappa shape index (κ3) is 2.55. The highest BCUT2D eigenvalue weighted by atomic mass is 28.4. The van der Waals surface area contributed by atoms with Gasteiger partial charge in [-0.2, -0.15) is 0 Å². The Kier molecular flexibility index (Phi) is 4.70.